The Hall–Kier alpha value is -3.55. The fraction of sp³-hybridized carbons (Fsp3) is 0.240. The minimum absolute atomic E-state index is 0.195. The molecule has 0 saturated carbocycles. The first-order chi connectivity index (χ1) is 15.7. The van der Waals surface area contributed by atoms with E-state index in [0.717, 1.165) is 38.4 Å². The molecule has 1 aromatic heterocycles. The summed E-state index contributed by atoms with van der Waals surface area (Å²) in [7, 11) is 0. The summed E-state index contributed by atoms with van der Waals surface area (Å²) in [6.45, 7) is 4.84. The minimum atomic E-state index is -0.271. The van der Waals surface area contributed by atoms with Crippen LogP contribution in [-0.2, 0) is 17.8 Å². The Morgan fingerprint density at radius 2 is 1.66 bits per heavy atom. The minimum Gasteiger partial charge on any atom is -0.379 e. The van der Waals surface area contributed by atoms with E-state index >= 15 is 0 Å². The van der Waals surface area contributed by atoms with Gasteiger partial charge in [0.15, 0.2) is 0 Å². The van der Waals surface area contributed by atoms with Crippen LogP contribution in [0.3, 0.4) is 0 Å². The predicted molar refractivity (Wildman–Crippen MR) is 122 cm³/mol. The van der Waals surface area contributed by atoms with Crippen molar-refractivity contribution in [3.05, 3.63) is 95.3 Å². The van der Waals surface area contributed by atoms with Gasteiger partial charge in [0, 0.05) is 49.8 Å². The molecule has 2 aromatic carbocycles. The monoisotopic (exact) mass is 430 g/mol. The van der Waals surface area contributed by atoms with Crippen molar-refractivity contribution in [2.45, 2.75) is 13.1 Å². The number of anilines is 1. The second kappa shape index (κ2) is 10.7. The van der Waals surface area contributed by atoms with Gasteiger partial charge in [0.05, 0.1) is 18.8 Å². The molecule has 2 heterocycles. The lowest BCUT2D eigenvalue weighted by Gasteiger charge is -2.26. The number of nitrogens with one attached hydrogen (secondary N) is 2. The highest BCUT2D eigenvalue weighted by Crippen LogP contribution is 2.13. The molecule has 0 aliphatic carbocycles. The van der Waals surface area contributed by atoms with Gasteiger partial charge >= 0.3 is 0 Å². The van der Waals surface area contributed by atoms with Crippen LogP contribution in [0.2, 0.25) is 0 Å². The summed E-state index contributed by atoms with van der Waals surface area (Å²) in [5.41, 5.74) is 3.78. The van der Waals surface area contributed by atoms with Crippen molar-refractivity contribution in [1.82, 2.24) is 15.2 Å². The molecule has 2 N–H and O–H groups in total. The normalized spacial score (nSPS) is 14.0. The fourth-order valence-electron chi connectivity index (χ4n) is 3.50. The molecule has 0 radical (unpaired) electrons. The average molecular weight is 431 g/mol. The molecule has 3 aromatic rings. The number of morpholine rings is 1. The molecular weight excluding hydrogens is 404 g/mol. The van der Waals surface area contributed by atoms with Crippen LogP contribution in [0.4, 0.5) is 5.69 Å². The highest BCUT2D eigenvalue weighted by Gasteiger charge is 2.11. The van der Waals surface area contributed by atoms with E-state index in [1.54, 1.807) is 42.6 Å². The number of carbonyl (C=O) groups is 2. The molecule has 1 fully saturated rings. The molecule has 1 saturated heterocycles. The third-order valence-corrected chi connectivity index (χ3v) is 5.29. The standard InChI is InChI=1S/C25H26N4O3/c30-24(21-3-1-5-23(15-21)28-25(31)22-4-2-10-26-17-22)27-16-19-6-8-20(9-7-19)18-29-11-13-32-14-12-29/h1-10,15,17H,11-14,16,18H2,(H,27,30)(H,28,31). The van der Waals surface area contributed by atoms with E-state index in [0.29, 0.717) is 23.4 Å². The van der Waals surface area contributed by atoms with Crippen LogP contribution in [0.25, 0.3) is 0 Å². The lowest BCUT2D eigenvalue weighted by molar-refractivity contribution is 0.0342. The van der Waals surface area contributed by atoms with Crippen LogP contribution in [0.5, 0.6) is 0 Å². The van der Waals surface area contributed by atoms with E-state index in [-0.39, 0.29) is 11.8 Å². The van der Waals surface area contributed by atoms with Gasteiger partial charge in [-0.3, -0.25) is 19.5 Å². The summed E-state index contributed by atoms with van der Waals surface area (Å²) in [5, 5.41) is 5.74. The topological polar surface area (TPSA) is 83.6 Å². The molecule has 0 atom stereocenters. The average Bonchev–Trinajstić information content (AvgIpc) is 2.85. The smallest absolute Gasteiger partial charge is 0.257 e. The molecule has 4 rings (SSSR count). The van der Waals surface area contributed by atoms with Gasteiger partial charge in [-0.2, -0.15) is 0 Å². The van der Waals surface area contributed by atoms with Crippen LogP contribution >= 0.6 is 0 Å². The number of ether oxygens (including phenoxy) is 1. The lowest BCUT2D eigenvalue weighted by Crippen LogP contribution is -2.35. The Labute approximate surface area is 187 Å². The Morgan fingerprint density at radius 1 is 0.906 bits per heavy atom. The van der Waals surface area contributed by atoms with Gasteiger partial charge in [-0.05, 0) is 41.5 Å². The Morgan fingerprint density at radius 3 is 2.41 bits per heavy atom. The molecule has 2 amide bonds. The first-order valence-corrected chi connectivity index (χ1v) is 10.6. The van der Waals surface area contributed by atoms with Gasteiger partial charge in [0.25, 0.3) is 11.8 Å². The van der Waals surface area contributed by atoms with Crippen LogP contribution < -0.4 is 10.6 Å². The Balaban J connectivity index is 1.30. The molecule has 1 aliphatic heterocycles. The second-order valence-electron chi connectivity index (χ2n) is 7.66. The van der Waals surface area contributed by atoms with Crippen molar-refractivity contribution in [1.29, 1.82) is 0 Å². The molecule has 0 spiro atoms. The maximum Gasteiger partial charge on any atom is 0.257 e. The van der Waals surface area contributed by atoms with Gasteiger partial charge in [0.2, 0.25) is 0 Å². The first-order valence-electron chi connectivity index (χ1n) is 10.6. The first kappa shape index (κ1) is 21.7. The number of rotatable bonds is 7. The van der Waals surface area contributed by atoms with Gasteiger partial charge in [0.1, 0.15) is 0 Å². The van der Waals surface area contributed by atoms with E-state index < -0.39 is 0 Å². The van der Waals surface area contributed by atoms with Crippen LogP contribution in [0, 0.1) is 0 Å². The van der Waals surface area contributed by atoms with Crippen LogP contribution in [0.1, 0.15) is 31.8 Å². The zero-order valence-corrected chi connectivity index (χ0v) is 17.8. The third-order valence-electron chi connectivity index (χ3n) is 5.29. The molecule has 0 unspecified atom stereocenters. The number of hydrogen-bond donors (Lipinski definition) is 2. The summed E-state index contributed by atoms with van der Waals surface area (Å²) >= 11 is 0. The molecule has 7 heteroatoms. The predicted octanol–water partition coefficient (Wildman–Crippen LogP) is 3.10. The lowest BCUT2D eigenvalue weighted by atomic mass is 10.1. The number of hydrogen-bond acceptors (Lipinski definition) is 5. The van der Waals surface area contributed by atoms with Crippen molar-refractivity contribution in [3.63, 3.8) is 0 Å². The fourth-order valence-corrected chi connectivity index (χ4v) is 3.50. The highest BCUT2D eigenvalue weighted by molar-refractivity contribution is 6.04. The number of benzene rings is 2. The summed E-state index contributed by atoms with van der Waals surface area (Å²) in [4.78, 5) is 31.2. The van der Waals surface area contributed by atoms with Crippen molar-refractivity contribution < 1.29 is 14.3 Å². The quantitative estimate of drug-likeness (QED) is 0.602. The van der Waals surface area contributed by atoms with Gasteiger partial charge in [-0.25, -0.2) is 0 Å². The summed E-state index contributed by atoms with van der Waals surface area (Å²) < 4.78 is 5.39. The number of amides is 2. The molecule has 0 bridgehead atoms. The van der Waals surface area contributed by atoms with E-state index in [1.165, 1.54) is 11.8 Å². The summed E-state index contributed by atoms with van der Waals surface area (Å²) in [5.74, 6) is -0.465. The maximum absolute atomic E-state index is 12.6. The summed E-state index contributed by atoms with van der Waals surface area (Å²) in [6, 6.07) is 18.6. The van der Waals surface area contributed by atoms with Crippen molar-refractivity contribution in [2.75, 3.05) is 31.6 Å². The second-order valence-corrected chi connectivity index (χ2v) is 7.66. The van der Waals surface area contributed by atoms with Gasteiger partial charge < -0.3 is 15.4 Å². The van der Waals surface area contributed by atoms with E-state index in [9.17, 15) is 9.59 Å². The molecule has 32 heavy (non-hydrogen) atoms. The zero-order valence-electron chi connectivity index (χ0n) is 17.8. The SMILES string of the molecule is O=C(NCc1ccc(CN2CCOCC2)cc1)c1cccc(NC(=O)c2cccnc2)c1. The number of nitrogens with zero attached hydrogens (tertiary/aromatic N) is 2. The molecule has 1 aliphatic rings. The number of pyridine rings is 1. The van der Waals surface area contributed by atoms with Crippen molar-refractivity contribution in [2.24, 2.45) is 0 Å². The van der Waals surface area contributed by atoms with Crippen molar-refractivity contribution >= 4 is 17.5 Å². The zero-order chi connectivity index (χ0) is 22.2. The molecule has 164 valence electrons. The Bertz CT molecular complexity index is 1050. The van der Waals surface area contributed by atoms with Crippen molar-refractivity contribution in [3.8, 4) is 0 Å². The molecular formula is C25H26N4O3. The largest absolute Gasteiger partial charge is 0.379 e. The highest BCUT2D eigenvalue weighted by atomic mass is 16.5. The number of carbonyl (C=O) groups excluding carboxylic acids is 2. The van der Waals surface area contributed by atoms with E-state index in [1.807, 2.05) is 12.1 Å². The van der Waals surface area contributed by atoms with Crippen LogP contribution in [0.15, 0.2) is 73.1 Å². The third kappa shape index (κ3) is 6.00. The van der Waals surface area contributed by atoms with Gasteiger partial charge in [-0.15, -0.1) is 0 Å². The number of aromatic nitrogens is 1. The maximum atomic E-state index is 12.6. The van der Waals surface area contributed by atoms with Crippen LogP contribution in [-0.4, -0.2) is 48.0 Å². The van der Waals surface area contributed by atoms with Gasteiger partial charge in [-0.1, -0.05) is 30.3 Å². The molecule has 7 nitrogen and oxygen atoms in total. The summed E-state index contributed by atoms with van der Waals surface area (Å²) in [6.07, 6.45) is 3.11. The van der Waals surface area contributed by atoms with E-state index in [2.05, 4.69) is 32.7 Å². The van der Waals surface area contributed by atoms with E-state index in [4.69, 9.17) is 4.74 Å². The Kier molecular flexibility index (Phi) is 7.22.